The zero-order valence-corrected chi connectivity index (χ0v) is 13.5. The molecule has 0 amide bonds. The van der Waals surface area contributed by atoms with Crippen molar-refractivity contribution in [3.8, 4) is 0 Å². The van der Waals surface area contributed by atoms with Crippen molar-refractivity contribution in [1.82, 2.24) is 15.1 Å². The van der Waals surface area contributed by atoms with Crippen LogP contribution < -0.4 is 5.32 Å². The molecule has 0 aromatic rings. The summed E-state index contributed by atoms with van der Waals surface area (Å²) in [6.07, 6.45) is 15.7. The summed E-state index contributed by atoms with van der Waals surface area (Å²) < 4.78 is 5.95. The lowest BCUT2D eigenvalue weighted by molar-refractivity contribution is 0.0529. The molecule has 22 heavy (non-hydrogen) atoms. The lowest BCUT2D eigenvalue weighted by Gasteiger charge is -2.37. The molecule has 4 aliphatic rings. The van der Waals surface area contributed by atoms with E-state index in [1.54, 1.807) is 0 Å². The van der Waals surface area contributed by atoms with Crippen molar-refractivity contribution < 1.29 is 4.74 Å². The van der Waals surface area contributed by atoms with Gasteiger partial charge in [-0.2, -0.15) is 0 Å². The molecular formula is C18H28N3O. The Morgan fingerprint density at radius 2 is 2.00 bits per heavy atom. The number of nitrogens with one attached hydrogen (secondary N) is 1. The first-order valence-electron chi connectivity index (χ1n) is 9.06. The van der Waals surface area contributed by atoms with Crippen LogP contribution in [0.3, 0.4) is 0 Å². The molecule has 0 aromatic heterocycles. The van der Waals surface area contributed by atoms with Gasteiger partial charge in [0.2, 0.25) is 0 Å². The molecule has 4 rings (SSSR count). The molecule has 2 aliphatic carbocycles. The number of hydrogen-bond donors (Lipinski definition) is 1. The molecule has 4 nitrogen and oxygen atoms in total. The van der Waals surface area contributed by atoms with E-state index in [1.165, 1.54) is 51.6 Å². The molecule has 1 N–H and O–H groups in total. The van der Waals surface area contributed by atoms with Gasteiger partial charge in [-0.05, 0) is 44.1 Å². The average Bonchev–Trinajstić information content (AvgIpc) is 3.31. The van der Waals surface area contributed by atoms with E-state index in [0.717, 1.165) is 37.5 Å². The minimum atomic E-state index is 0.0304. The highest BCUT2D eigenvalue weighted by Crippen LogP contribution is 2.29. The molecule has 1 radical (unpaired) electrons. The highest BCUT2D eigenvalue weighted by Gasteiger charge is 2.28. The summed E-state index contributed by atoms with van der Waals surface area (Å²) in [4.78, 5) is 5.15. The van der Waals surface area contributed by atoms with Crippen molar-refractivity contribution in [2.45, 2.75) is 50.8 Å². The van der Waals surface area contributed by atoms with Crippen molar-refractivity contribution >= 4 is 0 Å². The van der Waals surface area contributed by atoms with E-state index in [0.29, 0.717) is 0 Å². The maximum atomic E-state index is 5.95. The highest BCUT2D eigenvalue weighted by molar-refractivity contribution is 5.13. The zero-order valence-electron chi connectivity index (χ0n) is 13.5. The van der Waals surface area contributed by atoms with Crippen LogP contribution in [0.25, 0.3) is 0 Å². The van der Waals surface area contributed by atoms with Crippen molar-refractivity contribution in [2.24, 2.45) is 5.92 Å². The third kappa shape index (κ3) is 3.49. The van der Waals surface area contributed by atoms with E-state index in [1.807, 2.05) is 6.08 Å². The van der Waals surface area contributed by atoms with Crippen LogP contribution in [0.2, 0.25) is 0 Å². The van der Waals surface area contributed by atoms with Gasteiger partial charge in [0, 0.05) is 38.3 Å². The maximum Gasteiger partial charge on any atom is 0.148 e. The Labute approximate surface area is 134 Å². The first kappa shape index (κ1) is 14.6. The monoisotopic (exact) mass is 302 g/mol. The van der Waals surface area contributed by atoms with Crippen molar-refractivity contribution in [3.05, 3.63) is 24.0 Å². The number of allylic oxidation sites excluding steroid dienone is 2. The van der Waals surface area contributed by atoms with Gasteiger partial charge in [0.1, 0.15) is 12.0 Å². The molecular weight excluding hydrogens is 274 g/mol. The lowest BCUT2D eigenvalue weighted by Crippen LogP contribution is -2.44. The second-order valence-corrected chi connectivity index (χ2v) is 7.16. The van der Waals surface area contributed by atoms with Gasteiger partial charge < -0.3 is 15.0 Å². The molecule has 0 bridgehead atoms. The fourth-order valence-corrected chi connectivity index (χ4v) is 3.52. The molecule has 0 spiro atoms. The summed E-state index contributed by atoms with van der Waals surface area (Å²) in [5.74, 6) is 1.93. The summed E-state index contributed by atoms with van der Waals surface area (Å²) in [6, 6.07) is 0.867. The first-order valence-corrected chi connectivity index (χ1v) is 9.06. The van der Waals surface area contributed by atoms with Crippen LogP contribution in [0.5, 0.6) is 0 Å². The molecule has 2 heterocycles. The van der Waals surface area contributed by atoms with Gasteiger partial charge in [-0.3, -0.25) is 4.90 Å². The Morgan fingerprint density at radius 3 is 2.77 bits per heavy atom. The van der Waals surface area contributed by atoms with Gasteiger partial charge in [0.15, 0.2) is 0 Å². The number of hydrogen-bond acceptors (Lipinski definition) is 4. The van der Waals surface area contributed by atoms with Crippen LogP contribution in [0.15, 0.2) is 18.0 Å². The van der Waals surface area contributed by atoms with Crippen LogP contribution in [0, 0.1) is 12.0 Å². The quantitative estimate of drug-likeness (QED) is 0.842. The van der Waals surface area contributed by atoms with Crippen LogP contribution >= 0.6 is 0 Å². The largest absolute Gasteiger partial charge is 0.357 e. The topological polar surface area (TPSA) is 27.7 Å². The Balaban J connectivity index is 1.29. The summed E-state index contributed by atoms with van der Waals surface area (Å²) in [7, 11) is 0. The second-order valence-electron chi connectivity index (χ2n) is 7.16. The number of ether oxygens (including phenoxy) is 1. The third-order valence-electron chi connectivity index (χ3n) is 5.42. The Morgan fingerprint density at radius 1 is 1.09 bits per heavy atom. The van der Waals surface area contributed by atoms with Gasteiger partial charge in [0.25, 0.3) is 0 Å². The normalized spacial score (nSPS) is 30.5. The van der Waals surface area contributed by atoms with E-state index in [9.17, 15) is 0 Å². The second kappa shape index (κ2) is 6.63. The molecule has 2 saturated carbocycles. The predicted molar refractivity (Wildman–Crippen MR) is 86.9 cm³/mol. The van der Waals surface area contributed by atoms with E-state index in [4.69, 9.17) is 4.74 Å². The number of dihydropyridines is 1. The van der Waals surface area contributed by atoms with E-state index in [-0.39, 0.29) is 6.23 Å². The van der Waals surface area contributed by atoms with Gasteiger partial charge in [-0.1, -0.05) is 12.5 Å². The summed E-state index contributed by atoms with van der Waals surface area (Å²) in [6.45, 7) is 5.57. The lowest BCUT2D eigenvalue weighted by atomic mass is 9.91. The van der Waals surface area contributed by atoms with Gasteiger partial charge in [-0.25, -0.2) is 0 Å². The van der Waals surface area contributed by atoms with Crippen molar-refractivity contribution in [3.63, 3.8) is 0 Å². The van der Waals surface area contributed by atoms with Crippen LogP contribution in [0.4, 0.5) is 0 Å². The van der Waals surface area contributed by atoms with E-state index < -0.39 is 0 Å². The van der Waals surface area contributed by atoms with Crippen LogP contribution in [-0.2, 0) is 4.74 Å². The first-order chi connectivity index (χ1) is 10.9. The Hall–Kier alpha value is -1.00. The van der Waals surface area contributed by atoms with E-state index in [2.05, 4.69) is 27.3 Å². The third-order valence-corrected chi connectivity index (χ3v) is 5.42. The van der Waals surface area contributed by atoms with Gasteiger partial charge >= 0.3 is 0 Å². The molecule has 3 fully saturated rings. The zero-order chi connectivity index (χ0) is 14.8. The Bertz CT molecular complexity index is 440. The molecule has 121 valence electrons. The number of nitrogens with zero attached hydrogens (tertiary/aromatic N) is 2. The van der Waals surface area contributed by atoms with Gasteiger partial charge in [0.05, 0.1) is 6.61 Å². The fourth-order valence-electron chi connectivity index (χ4n) is 3.52. The van der Waals surface area contributed by atoms with Crippen LogP contribution in [0.1, 0.15) is 38.5 Å². The Kier molecular flexibility index (Phi) is 4.39. The molecule has 2 aliphatic heterocycles. The molecule has 4 heteroatoms. The van der Waals surface area contributed by atoms with Crippen molar-refractivity contribution in [2.75, 3.05) is 32.8 Å². The smallest absolute Gasteiger partial charge is 0.148 e. The molecule has 0 aromatic carbocycles. The fraction of sp³-hybridized carbons (Fsp3) is 0.778. The summed E-state index contributed by atoms with van der Waals surface area (Å²) in [5.41, 5.74) is 0. The van der Waals surface area contributed by atoms with E-state index >= 15 is 0 Å². The maximum absolute atomic E-state index is 5.95. The predicted octanol–water partition coefficient (Wildman–Crippen LogP) is 2.10. The highest BCUT2D eigenvalue weighted by atomic mass is 16.5. The summed E-state index contributed by atoms with van der Waals surface area (Å²) in [5, 5.41) is 3.51. The van der Waals surface area contributed by atoms with Gasteiger partial charge in [-0.15, -0.1) is 0 Å². The molecule has 1 atom stereocenters. The number of rotatable bonds is 5. The van der Waals surface area contributed by atoms with Crippen molar-refractivity contribution in [1.29, 1.82) is 0 Å². The average molecular weight is 302 g/mol. The minimum absolute atomic E-state index is 0.0304. The standard InChI is InChI=1S/C18H28N3O/c1-4-16(5-1)20-10-3-11-21(13-12-20)17-6-2-7-18(19-17)22-14-15-8-9-15/h2,7,15-16,18-19H,1,3-5,8-14H2. The van der Waals surface area contributed by atoms with Crippen LogP contribution in [-0.4, -0.2) is 54.9 Å². The SMILES string of the molecule is [C]1=C(N2CCCN(C3CCC3)CC2)NC(OCC2CC2)C=C1. The molecule has 1 unspecified atom stereocenters. The molecule has 1 saturated heterocycles. The minimum Gasteiger partial charge on any atom is -0.357 e. The summed E-state index contributed by atoms with van der Waals surface area (Å²) >= 11 is 0.